The van der Waals surface area contributed by atoms with Crippen molar-refractivity contribution in [3.8, 4) is 0 Å². The van der Waals surface area contributed by atoms with Gasteiger partial charge in [-0.25, -0.2) is 13.4 Å². The third kappa shape index (κ3) is 4.48. The minimum absolute atomic E-state index is 0.171. The first-order valence-corrected chi connectivity index (χ1v) is 12.1. The predicted octanol–water partition coefficient (Wildman–Crippen LogP) is 4.21. The van der Waals surface area contributed by atoms with Crippen LogP contribution in [0.1, 0.15) is 16.8 Å². The molecule has 1 fully saturated rings. The van der Waals surface area contributed by atoms with Gasteiger partial charge in [-0.1, -0.05) is 53.6 Å². The van der Waals surface area contributed by atoms with E-state index in [0.717, 1.165) is 17.2 Å². The molecule has 4 rings (SSSR count). The summed E-state index contributed by atoms with van der Waals surface area (Å²) >= 11 is 7.72. The third-order valence-corrected chi connectivity index (χ3v) is 8.36. The van der Waals surface area contributed by atoms with Gasteiger partial charge in [0.05, 0.1) is 10.7 Å². The maximum Gasteiger partial charge on any atom is 0.244 e. The van der Waals surface area contributed by atoms with Gasteiger partial charge in [0.2, 0.25) is 10.0 Å². The number of aryl methyl sites for hydroxylation is 1. The van der Waals surface area contributed by atoms with Crippen LogP contribution in [0.15, 0.2) is 58.8 Å². The molecule has 0 amide bonds. The second-order valence-electron chi connectivity index (χ2n) is 7.11. The van der Waals surface area contributed by atoms with E-state index in [1.165, 1.54) is 15.4 Å². The summed E-state index contributed by atoms with van der Waals surface area (Å²) in [6, 6.07) is 15.1. The van der Waals surface area contributed by atoms with Gasteiger partial charge in [-0.2, -0.15) is 4.31 Å². The van der Waals surface area contributed by atoms with Crippen molar-refractivity contribution >= 4 is 38.1 Å². The fourth-order valence-electron chi connectivity index (χ4n) is 3.35. The van der Waals surface area contributed by atoms with Crippen molar-refractivity contribution in [1.29, 1.82) is 0 Å². The van der Waals surface area contributed by atoms with E-state index in [1.807, 2.05) is 0 Å². The number of nitrogens with zero attached hydrogens (tertiary/aromatic N) is 3. The maximum absolute atomic E-state index is 12.9. The minimum Gasteiger partial charge on any atom is -0.345 e. The SMILES string of the molecule is Cc1ccc(Cc2csc(N3CCN(S(=O)(=O)c4ccccc4Cl)CC3)n2)cc1. The van der Waals surface area contributed by atoms with Crippen LogP contribution in [-0.2, 0) is 16.4 Å². The Kier molecular flexibility index (Phi) is 5.92. The Morgan fingerprint density at radius 2 is 1.72 bits per heavy atom. The van der Waals surface area contributed by atoms with Crippen molar-refractivity contribution in [2.24, 2.45) is 0 Å². The lowest BCUT2D eigenvalue weighted by molar-refractivity contribution is 0.384. The van der Waals surface area contributed by atoms with Gasteiger partial charge in [0.25, 0.3) is 0 Å². The molecule has 1 aliphatic heterocycles. The van der Waals surface area contributed by atoms with Crippen molar-refractivity contribution < 1.29 is 8.42 Å². The molecule has 1 aliphatic rings. The summed E-state index contributed by atoms with van der Waals surface area (Å²) in [7, 11) is -3.58. The average Bonchev–Trinajstić information content (AvgIpc) is 3.18. The number of thiazole rings is 1. The van der Waals surface area contributed by atoms with E-state index in [1.54, 1.807) is 35.6 Å². The molecule has 0 bridgehead atoms. The molecule has 0 spiro atoms. The molecule has 0 atom stereocenters. The maximum atomic E-state index is 12.9. The molecule has 0 aliphatic carbocycles. The van der Waals surface area contributed by atoms with Gasteiger partial charge in [-0.05, 0) is 24.6 Å². The highest BCUT2D eigenvalue weighted by molar-refractivity contribution is 7.89. The number of aromatic nitrogens is 1. The molecule has 152 valence electrons. The van der Waals surface area contributed by atoms with Crippen LogP contribution in [0.3, 0.4) is 0 Å². The van der Waals surface area contributed by atoms with E-state index in [9.17, 15) is 8.42 Å². The van der Waals surface area contributed by atoms with Crippen LogP contribution in [-0.4, -0.2) is 43.9 Å². The quantitative estimate of drug-likeness (QED) is 0.588. The molecule has 0 N–H and O–H groups in total. The van der Waals surface area contributed by atoms with Gasteiger partial charge in [-0.15, -0.1) is 11.3 Å². The third-order valence-electron chi connectivity index (χ3n) is 5.01. The van der Waals surface area contributed by atoms with Crippen LogP contribution in [0.25, 0.3) is 0 Å². The van der Waals surface area contributed by atoms with Crippen molar-refractivity contribution in [2.45, 2.75) is 18.2 Å². The first-order chi connectivity index (χ1) is 13.9. The fraction of sp³-hybridized carbons (Fsp3) is 0.286. The first kappa shape index (κ1) is 20.3. The van der Waals surface area contributed by atoms with Crippen LogP contribution in [0.5, 0.6) is 0 Å². The number of halogens is 1. The highest BCUT2D eigenvalue weighted by Crippen LogP contribution is 2.27. The monoisotopic (exact) mass is 447 g/mol. The zero-order valence-corrected chi connectivity index (χ0v) is 18.5. The van der Waals surface area contributed by atoms with E-state index in [4.69, 9.17) is 16.6 Å². The van der Waals surface area contributed by atoms with E-state index >= 15 is 0 Å². The smallest absolute Gasteiger partial charge is 0.244 e. The Hall–Kier alpha value is -1.93. The van der Waals surface area contributed by atoms with Crippen LogP contribution < -0.4 is 4.90 Å². The normalized spacial score (nSPS) is 15.6. The highest BCUT2D eigenvalue weighted by atomic mass is 35.5. The summed E-state index contributed by atoms with van der Waals surface area (Å²) in [6.45, 7) is 4.14. The summed E-state index contributed by atoms with van der Waals surface area (Å²) in [5.41, 5.74) is 3.53. The first-order valence-electron chi connectivity index (χ1n) is 9.43. The Morgan fingerprint density at radius 1 is 1.03 bits per heavy atom. The molecule has 2 aromatic carbocycles. The lowest BCUT2D eigenvalue weighted by atomic mass is 10.1. The molecule has 0 unspecified atom stereocenters. The molecular formula is C21H22ClN3O2S2. The van der Waals surface area contributed by atoms with Gasteiger partial charge in [-0.3, -0.25) is 0 Å². The lowest BCUT2D eigenvalue weighted by Crippen LogP contribution is -2.48. The number of piperazine rings is 1. The molecule has 1 aromatic heterocycles. The van der Waals surface area contributed by atoms with E-state index in [0.29, 0.717) is 26.2 Å². The average molecular weight is 448 g/mol. The molecule has 8 heteroatoms. The Balaban J connectivity index is 1.40. The summed E-state index contributed by atoms with van der Waals surface area (Å²) in [5, 5.41) is 3.29. The van der Waals surface area contributed by atoms with Crippen molar-refractivity contribution in [2.75, 3.05) is 31.1 Å². The zero-order valence-electron chi connectivity index (χ0n) is 16.1. The Morgan fingerprint density at radius 3 is 2.41 bits per heavy atom. The number of benzene rings is 2. The second-order valence-corrected chi connectivity index (χ2v) is 10.3. The van der Waals surface area contributed by atoms with Crippen molar-refractivity contribution in [1.82, 2.24) is 9.29 Å². The van der Waals surface area contributed by atoms with Gasteiger partial charge in [0.1, 0.15) is 4.90 Å². The van der Waals surface area contributed by atoms with E-state index in [2.05, 4.69) is 41.5 Å². The number of anilines is 1. The second kappa shape index (κ2) is 8.44. The van der Waals surface area contributed by atoms with Crippen molar-refractivity contribution in [3.63, 3.8) is 0 Å². The van der Waals surface area contributed by atoms with Crippen LogP contribution in [0, 0.1) is 6.92 Å². The molecule has 0 saturated carbocycles. The molecule has 29 heavy (non-hydrogen) atoms. The standard InChI is InChI=1S/C21H22ClN3O2S2/c1-16-6-8-17(9-7-16)14-18-15-28-21(23-18)24-10-12-25(13-11-24)29(26,27)20-5-3-2-4-19(20)22/h2-9,15H,10-14H2,1H3. The summed E-state index contributed by atoms with van der Waals surface area (Å²) in [4.78, 5) is 7.09. The zero-order chi connectivity index (χ0) is 20.4. The molecule has 1 saturated heterocycles. The highest BCUT2D eigenvalue weighted by Gasteiger charge is 2.30. The molecular weight excluding hydrogens is 426 g/mol. The van der Waals surface area contributed by atoms with Crippen LogP contribution in [0.4, 0.5) is 5.13 Å². The summed E-state index contributed by atoms with van der Waals surface area (Å²) < 4.78 is 27.3. The predicted molar refractivity (Wildman–Crippen MR) is 119 cm³/mol. The van der Waals surface area contributed by atoms with Gasteiger partial charge < -0.3 is 4.90 Å². The summed E-state index contributed by atoms with van der Waals surface area (Å²) in [5.74, 6) is 0. The van der Waals surface area contributed by atoms with Gasteiger partial charge in [0, 0.05) is 38.0 Å². The Labute approximate surface area is 180 Å². The van der Waals surface area contributed by atoms with Crippen LogP contribution >= 0.6 is 22.9 Å². The van der Waals surface area contributed by atoms with Crippen LogP contribution in [0.2, 0.25) is 5.02 Å². The van der Waals surface area contributed by atoms with E-state index < -0.39 is 10.0 Å². The van der Waals surface area contributed by atoms with E-state index in [-0.39, 0.29) is 9.92 Å². The van der Waals surface area contributed by atoms with Gasteiger partial charge >= 0.3 is 0 Å². The largest absolute Gasteiger partial charge is 0.345 e. The number of sulfonamides is 1. The van der Waals surface area contributed by atoms with Crippen molar-refractivity contribution in [3.05, 3.63) is 75.8 Å². The molecule has 2 heterocycles. The minimum atomic E-state index is -3.58. The molecule has 3 aromatic rings. The molecule has 0 radical (unpaired) electrons. The number of hydrogen-bond acceptors (Lipinski definition) is 5. The molecule has 5 nitrogen and oxygen atoms in total. The van der Waals surface area contributed by atoms with Gasteiger partial charge in [0.15, 0.2) is 5.13 Å². The summed E-state index contributed by atoms with van der Waals surface area (Å²) in [6.07, 6.45) is 0.803. The fourth-order valence-corrected chi connectivity index (χ4v) is 6.15. The number of hydrogen-bond donors (Lipinski definition) is 0. The lowest BCUT2D eigenvalue weighted by Gasteiger charge is -2.33. The number of rotatable bonds is 5. The Bertz CT molecular complexity index is 1090. The topological polar surface area (TPSA) is 53.5 Å².